The highest BCUT2D eigenvalue weighted by Crippen LogP contribution is 2.37. The van der Waals surface area contributed by atoms with Gasteiger partial charge in [-0.3, -0.25) is 4.79 Å². The summed E-state index contributed by atoms with van der Waals surface area (Å²) in [5, 5.41) is 13.0. The number of carbonyl (C=O) groups is 1. The first kappa shape index (κ1) is 18.1. The Morgan fingerprint density at radius 3 is 2.81 bits per heavy atom. The first-order valence-electron chi connectivity index (χ1n) is 8.75. The monoisotopic (exact) mass is 397 g/mol. The topological polar surface area (TPSA) is 63.9 Å². The molecule has 0 fully saturated rings. The van der Waals surface area contributed by atoms with E-state index in [2.05, 4.69) is 28.5 Å². The van der Waals surface area contributed by atoms with Crippen molar-refractivity contribution in [2.75, 3.05) is 17.2 Å². The van der Waals surface area contributed by atoms with E-state index in [9.17, 15) is 4.79 Å². The van der Waals surface area contributed by atoms with Gasteiger partial charge in [-0.1, -0.05) is 49.0 Å². The number of hydrogen-bond acceptors (Lipinski definition) is 6. The minimum absolute atomic E-state index is 0.0739. The minimum Gasteiger partial charge on any atom is -0.311 e. The zero-order chi connectivity index (χ0) is 18.6. The van der Waals surface area contributed by atoms with Crippen LogP contribution >= 0.6 is 23.5 Å². The average molecular weight is 398 g/mol. The molecule has 138 valence electrons. The average Bonchev–Trinajstić information content (AvgIpc) is 3.10. The van der Waals surface area contributed by atoms with Crippen molar-refractivity contribution in [3.8, 4) is 5.69 Å². The number of tetrazole rings is 1. The first-order chi connectivity index (χ1) is 13.2. The van der Waals surface area contributed by atoms with Gasteiger partial charge in [-0.25, -0.2) is 0 Å². The van der Waals surface area contributed by atoms with Crippen LogP contribution in [0.3, 0.4) is 0 Å². The minimum atomic E-state index is 0.0739. The Bertz CT molecular complexity index is 931. The van der Waals surface area contributed by atoms with Crippen molar-refractivity contribution in [1.82, 2.24) is 20.2 Å². The molecular formula is C19H19N5OS2. The fraction of sp³-hybridized carbons (Fsp3) is 0.263. The summed E-state index contributed by atoms with van der Waals surface area (Å²) >= 11 is 3.19. The molecule has 0 radical (unpaired) electrons. The zero-order valence-corrected chi connectivity index (χ0v) is 16.5. The highest BCUT2D eigenvalue weighted by molar-refractivity contribution is 8.00. The van der Waals surface area contributed by atoms with E-state index in [1.807, 2.05) is 65.2 Å². The van der Waals surface area contributed by atoms with Gasteiger partial charge in [0.1, 0.15) is 0 Å². The maximum Gasteiger partial charge on any atom is 0.237 e. The molecule has 1 atom stereocenters. The second-order valence-electron chi connectivity index (χ2n) is 6.23. The number of rotatable bonds is 4. The Morgan fingerprint density at radius 1 is 1.19 bits per heavy atom. The van der Waals surface area contributed by atoms with E-state index in [0.717, 1.165) is 29.2 Å². The molecule has 3 aromatic rings. The Hall–Kier alpha value is -2.32. The molecule has 0 bridgehead atoms. The molecule has 0 saturated carbocycles. The number of carbonyl (C=O) groups excluding carboxylic acids is 1. The molecule has 0 unspecified atom stereocenters. The van der Waals surface area contributed by atoms with Gasteiger partial charge in [0.15, 0.2) is 0 Å². The van der Waals surface area contributed by atoms with Crippen molar-refractivity contribution in [2.24, 2.45) is 0 Å². The van der Waals surface area contributed by atoms with Gasteiger partial charge >= 0.3 is 0 Å². The molecule has 4 rings (SSSR count). The van der Waals surface area contributed by atoms with Crippen LogP contribution in [0.1, 0.15) is 13.3 Å². The number of hydrogen-bond donors (Lipinski definition) is 0. The molecule has 27 heavy (non-hydrogen) atoms. The summed E-state index contributed by atoms with van der Waals surface area (Å²) in [6.45, 7) is 2.94. The summed E-state index contributed by atoms with van der Waals surface area (Å²) in [6.07, 6.45) is 0.970. The number of amides is 1. The quantitative estimate of drug-likeness (QED) is 0.626. The second-order valence-corrected chi connectivity index (χ2v) is 8.65. The predicted octanol–water partition coefficient (Wildman–Crippen LogP) is 3.67. The van der Waals surface area contributed by atoms with Gasteiger partial charge in [-0.05, 0) is 41.1 Å². The molecule has 8 heteroatoms. The number of anilines is 1. The van der Waals surface area contributed by atoms with Crippen LogP contribution in [0.4, 0.5) is 5.69 Å². The van der Waals surface area contributed by atoms with E-state index in [0.29, 0.717) is 16.2 Å². The molecule has 0 aliphatic carbocycles. The Morgan fingerprint density at radius 2 is 1.96 bits per heavy atom. The van der Waals surface area contributed by atoms with Crippen molar-refractivity contribution in [1.29, 1.82) is 0 Å². The molecule has 0 saturated heterocycles. The fourth-order valence-corrected chi connectivity index (χ4v) is 4.83. The number of benzene rings is 2. The lowest BCUT2D eigenvalue weighted by molar-refractivity contribution is -0.116. The molecule has 0 spiro atoms. The molecule has 1 aliphatic heterocycles. The van der Waals surface area contributed by atoms with Crippen LogP contribution in [-0.4, -0.2) is 43.7 Å². The lowest BCUT2D eigenvalue weighted by Crippen LogP contribution is -2.33. The lowest BCUT2D eigenvalue weighted by atomic mass is 10.2. The molecular weight excluding hydrogens is 378 g/mol. The first-order valence-corrected chi connectivity index (χ1v) is 10.6. The van der Waals surface area contributed by atoms with Crippen molar-refractivity contribution >= 4 is 35.1 Å². The van der Waals surface area contributed by atoms with E-state index in [4.69, 9.17) is 0 Å². The van der Waals surface area contributed by atoms with Crippen molar-refractivity contribution in [2.45, 2.75) is 28.6 Å². The van der Waals surface area contributed by atoms with E-state index < -0.39 is 0 Å². The maximum atomic E-state index is 13.0. The van der Waals surface area contributed by atoms with Crippen LogP contribution < -0.4 is 4.90 Å². The van der Waals surface area contributed by atoms with E-state index in [1.165, 1.54) is 11.8 Å². The third-order valence-corrected chi connectivity index (χ3v) is 6.45. The molecule has 1 aromatic heterocycles. The fourth-order valence-electron chi connectivity index (χ4n) is 2.95. The standard InChI is InChI=1S/C19H19N5OS2/c1-14-11-12-23(16-9-5-6-10-17(16)27-14)18(25)13-26-19-20-21-22-24(19)15-7-3-2-4-8-15/h2-10,14H,11-13H2,1H3/t14-/m0/s1. The van der Waals surface area contributed by atoms with Gasteiger partial charge in [0.25, 0.3) is 0 Å². The SMILES string of the molecule is C[C@H]1CCN(C(=O)CSc2nnnn2-c2ccccc2)c2ccccc2S1. The molecule has 1 amide bonds. The van der Waals surface area contributed by atoms with Crippen LogP contribution in [0.15, 0.2) is 64.6 Å². The summed E-state index contributed by atoms with van der Waals surface area (Å²) in [7, 11) is 0. The molecule has 1 aliphatic rings. The Labute approximate surface area is 166 Å². The zero-order valence-electron chi connectivity index (χ0n) is 14.9. The Balaban J connectivity index is 1.50. The smallest absolute Gasteiger partial charge is 0.237 e. The summed E-state index contributed by atoms with van der Waals surface area (Å²) in [5.41, 5.74) is 1.88. The number of aromatic nitrogens is 4. The van der Waals surface area contributed by atoms with Gasteiger partial charge in [-0.2, -0.15) is 4.68 Å². The van der Waals surface area contributed by atoms with Crippen molar-refractivity contribution in [3.63, 3.8) is 0 Å². The summed E-state index contributed by atoms with van der Waals surface area (Å²) in [6, 6.07) is 17.8. The van der Waals surface area contributed by atoms with Crippen molar-refractivity contribution in [3.05, 3.63) is 54.6 Å². The molecule has 6 nitrogen and oxygen atoms in total. The number of nitrogens with zero attached hydrogens (tertiary/aromatic N) is 5. The normalized spacial score (nSPS) is 16.6. The molecule has 2 heterocycles. The van der Waals surface area contributed by atoms with Crippen LogP contribution in [0.5, 0.6) is 0 Å². The third kappa shape index (κ3) is 4.01. The maximum absolute atomic E-state index is 13.0. The third-order valence-electron chi connectivity index (χ3n) is 4.31. The number of para-hydroxylation sites is 2. The van der Waals surface area contributed by atoms with Gasteiger partial charge in [0, 0.05) is 16.7 Å². The number of thioether (sulfide) groups is 2. The van der Waals surface area contributed by atoms with E-state index in [1.54, 1.807) is 4.68 Å². The van der Waals surface area contributed by atoms with Crippen LogP contribution in [0.2, 0.25) is 0 Å². The van der Waals surface area contributed by atoms with Crippen LogP contribution in [-0.2, 0) is 4.79 Å². The largest absolute Gasteiger partial charge is 0.311 e. The van der Waals surface area contributed by atoms with Gasteiger partial charge in [-0.15, -0.1) is 16.9 Å². The van der Waals surface area contributed by atoms with Crippen LogP contribution in [0.25, 0.3) is 5.69 Å². The highest BCUT2D eigenvalue weighted by Gasteiger charge is 2.24. The predicted molar refractivity (Wildman–Crippen MR) is 109 cm³/mol. The lowest BCUT2D eigenvalue weighted by Gasteiger charge is -2.22. The van der Waals surface area contributed by atoms with E-state index >= 15 is 0 Å². The second kappa shape index (κ2) is 8.14. The van der Waals surface area contributed by atoms with Crippen LogP contribution in [0, 0.1) is 0 Å². The van der Waals surface area contributed by atoms with Gasteiger partial charge in [0.2, 0.25) is 11.1 Å². The highest BCUT2D eigenvalue weighted by atomic mass is 32.2. The van der Waals surface area contributed by atoms with Crippen molar-refractivity contribution < 1.29 is 4.79 Å². The van der Waals surface area contributed by atoms with Gasteiger partial charge in [0.05, 0.1) is 17.1 Å². The molecule has 2 aromatic carbocycles. The summed E-state index contributed by atoms with van der Waals surface area (Å²) < 4.78 is 1.66. The van der Waals surface area contributed by atoms with Gasteiger partial charge < -0.3 is 4.90 Å². The number of fused-ring (bicyclic) bond motifs is 1. The molecule has 0 N–H and O–H groups in total. The Kier molecular flexibility index (Phi) is 5.45. The summed E-state index contributed by atoms with van der Waals surface area (Å²) in [5.74, 6) is 0.366. The van der Waals surface area contributed by atoms with E-state index in [-0.39, 0.29) is 5.91 Å². The summed E-state index contributed by atoms with van der Waals surface area (Å²) in [4.78, 5) is 16.0.